The second-order valence-electron chi connectivity index (χ2n) is 6.88. The molecule has 9 nitrogen and oxygen atoms in total. The molecule has 1 amide bonds. The summed E-state index contributed by atoms with van der Waals surface area (Å²) >= 11 is 0. The van der Waals surface area contributed by atoms with E-state index < -0.39 is 43.0 Å². The molecule has 0 bridgehead atoms. The first-order valence-electron chi connectivity index (χ1n) is 8.75. The summed E-state index contributed by atoms with van der Waals surface area (Å²) in [6.45, 7) is 3.75. The van der Waals surface area contributed by atoms with E-state index in [-0.39, 0.29) is 5.56 Å². The van der Waals surface area contributed by atoms with Crippen LogP contribution in [0.1, 0.15) is 22.3 Å². The number of carbonyl (C=O) groups excluding carboxylic acids is 1. The van der Waals surface area contributed by atoms with E-state index in [1.807, 2.05) is 13.0 Å². The maximum Gasteiger partial charge on any atom is 0.340 e. The Morgan fingerprint density at radius 2 is 1.59 bits per heavy atom. The molecule has 0 aliphatic heterocycles. The lowest BCUT2D eigenvalue weighted by Crippen LogP contribution is -2.40. The summed E-state index contributed by atoms with van der Waals surface area (Å²) in [5.41, 5.74) is 2.35. The highest BCUT2D eigenvalue weighted by atomic mass is 16.4. The van der Waals surface area contributed by atoms with Gasteiger partial charge in [0.1, 0.15) is 24.3 Å². The average Bonchev–Trinajstić information content (AvgIpc) is 2.99. The van der Waals surface area contributed by atoms with Crippen molar-refractivity contribution in [3.05, 3.63) is 45.0 Å². The van der Waals surface area contributed by atoms with E-state index in [0.717, 1.165) is 10.9 Å². The lowest BCUT2D eigenvalue weighted by molar-refractivity contribution is -0.149. The molecule has 2 N–H and O–H groups in total. The maximum atomic E-state index is 12.5. The molecule has 0 aliphatic rings. The van der Waals surface area contributed by atoms with Gasteiger partial charge in [-0.3, -0.25) is 14.4 Å². The van der Waals surface area contributed by atoms with Crippen LogP contribution >= 0.6 is 0 Å². The monoisotopic (exact) mass is 401 g/mol. The molecule has 0 radical (unpaired) electrons. The molecule has 0 unspecified atom stereocenters. The number of fused-ring (bicyclic) bond motifs is 2. The van der Waals surface area contributed by atoms with Crippen LogP contribution in [0.5, 0.6) is 0 Å². The van der Waals surface area contributed by atoms with E-state index in [9.17, 15) is 19.2 Å². The molecule has 2 heterocycles. The van der Waals surface area contributed by atoms with E-state index in [2.05, 4.69) is 0 Å². The molecule has 152 valence electrons. The number of hydrogen-bond donors (Lipinski definition) is 2. The predicted molar refractivity (Wildman–Crippen MR) is 102 cm³/mol. The number of nitrogens with zero attached hydrogens (tertiary/aromatic N) is 1. The quantitative estimate of drug-likeness (QED) is 0.598. The van der Waals surface area contributed by atoms with Gasteiger partial charge in [-0.1, -0.05) is 0 Å². The largest absolute Gasteiger partial charge is 0.480 e. The van der Waals surface area contributed by atoms with Crippen molar-refractivity contribution in [2.75, 3.05) is 13.1 Å². The summed E-state index contributed by atoms with van der Waals surface area (Å²) in [5, 5.41) is 19.3. The number of furan rings is 1. The van der Waals surface area contributed by atoms with Crippen LogP contribution in [0.2, 0.25) is 0 Å². The van der Waals surface area contributed by atoms with Crippen molar-refractivity contribution in [3.8, 4) is 0 Å². The van der Waals surface area contributed by atoms with Crippen molar-refractivity contribution in [2.45, 2.75) is 27.2 Å². The van der Waals surface area contributed by atoms with Crippen LogP contribution in [0.4, 0.5) is 0 Å². The molecule has 3 rings (SSSR count). The Morgan fingerprint density at radius 1 is 0.966 bits per heavy atom. The molecule has 2 aromatic heterocycles. The summed E-state index contributed by atoms with van der Waals surface area (Å²) in [4.78, 5) is 47.6. The minimum atomic E-state index is -1.35. The highest BCUT2D eigenvalue weighted by Crippen LogP contribution is 2.32. The summed E-state index contributed by atoms with van der Waals surface area (Å²) in [6, 6.07) is 1.81. The van der Waals surface area contributed by atoms with Crippen LogP contribution < -0.4 is 5.63 Å². The third kappa shape index (κ3) is 3.71. The number of carboxylic acids is 2. The Bertz CT molecular complexity index is 1200. The fourth-order valence-electron chi connectivity index (χ4n) is 3.34. The lowest BCUT2D eigenvalue weighted by Gasteiger charge is -2.19. The third-order valence-electron chi connectivity index (χ3n) is 4.87. The van der Waals surface area contributed by atoms with Gasteiger partial charge in [-0.05, 0) is 38.0 Å². The molecule has 0 fully saturated rings. The first-order chi connectivity index (χ1) is 13.6. The fraction of sp³-hybridized carbons (Fsp3) is 0.300. The zero-order valence-electron chi connectivity index (χ0n) is 16.1. The highest BCUT2D eigenvalue weighted by Gasteiger charge is 2.24. The Balaban J connectivity index is 2.09. The zero-order chi connectivity index (χ0) is 21.5. The summed E-state index contributed by atoms with van der Waals surface area (Å²) in [7, 11) is 0. The smallest absolute Gasteiger partial charge is 0.340 e. The minimum absolute atomic E-state index is 0.0585. The molecular formula is C20H19NO8. The van der Waals surface area contributed by atoms with Crippen LogP contribution in [0.15, 0.2) is 26.0 Å². The van der Waals surface area contributed by atoms with Gasteiger partial charge in [0.2, 0.25) is 5.91 Å². The molecule has 0 saturated carbocycles. The van der Waals surface area contributed by atoms with Gasteiger partial charge in [-0.2, -0.15) is 0 Å². The summed E-state index contributed by atoms with van der Waals surface area (Å²) in [5.74, 6) is -3.49. The second kappa shape index (κ2) is 7.42. The number of benzene rings is 1. The number of carboxylic acid groups (broad SMARTS) is 2. The molecule has 29 heavy (non-hydrogen) atoms. The van der Waals surface area contributed by atoms with Crippen LogP contribution in [-0.4, -0.2) is 46.0 Å². The second-order valence-corrected chi connectivity index (χ2v) is 6.88. The van der Waals surface area contributed by atoms with E-state index in [1.165, 1.54) is 0 Å². The molecule has 3 aromatic rings. The number of aryl methyl sites for hydroxylation is 3. The van der Waals surface area contributed by atoms with Crippen LogP contribution in [0.3, 0.4) is 0 Å². The van der Waals surface area contributed by atoms with Gasteiger partial charge in [-0.25, -0.2) is 4.79 Å². The number of hydrogen-bond acceptors (Lipinski definition) is 6. The molecule has 0 spiro atoms. The minimum Gasteiger partial charge on any atom is -0.480 e. The van der Waals surface area contributed by atoms with Crippen molar-refractivity contribution < 1.29 is 33.4 Å². The van der Waals surface area contributed by atoms with E-state index >= 15 is 0 Å². The van der Waals surface area contributed by atoms with Gasteiger partial charge in [0.25, 0.3) is 0 Å². The van der Waals surface area contributed by atoms with Crippen molar-refractivity contribution in [3.63, 3.8) is 0 Å². The Kier molecular flexibility index (Phi) is 5.15. The van der Waals surface area contributed by atoms with Crippen molar-refractivity contribution in [1.29, 1.82) is 0 Å². The van der Waals surface area contributed by atoms with Crippen LogP contribution in [0.25, 0.3) is 21.9 Å². The normalized spacial score (nSPS) is 11.1. The van der Waals surface area contributed by atoms with E-state index in [1.54, 1.807) is 20.1 Å². The Morgan fingerprint density at radius 3 is 2.17 bits per heavy atom. The number of rotatable bonds is 6. The Hall–Kier alpha value is -3.62. The number of carbonyl (C=O) groups is 3. The zero-order valence-corrected chi connectivity index (χ0v) is 16.1. The first kappa shape index (κ1) is 20.1. The SMILES string of the molecule is Cc1coc2c(C)c3oc(=O)c(CC(=O)N(CC(=O)O)CC(=O)O)c(C)c3cc12. The first-order valence-corrected chi connectivity index (χ1v) is 8.75. The fourth-order valence-corrected chi connectivity index (χ4v) is 3.34. The van der Waals surface area contributed by atoms with Gasteiger partial charge in [0.05, 0.1) is 18.2 Å². The van der Waals surface area contributed by atoms with Gasteiger partial charge in [0, 0.05) is 16.3 Å². The molecule has 0 saturated heterocycles. The maximum absolute atomic E-state index is 12.5. The van der Waals surface area contributed by atoms with Crippen LogP contribution in [0, 0.1) is 20.8 Å². The molecule has 9 heteroatoms. The van der Waals surface area contributed by atoms with Gasteiger partial charge >= 0.3 is 17.6 Å². The molecule has 1 aromatic carbocycles. The molecular weight excluding hydrogens is 382 g/mol. The average molecular weight is 401 g/mol. The number of aliphatic carboxylic acids is 2. The molecule has 0 aliphatic carbocycles. The van der Waals surface area contributed by atoms with Crippen molar-refractivity contribution in [2.24, 2.45) is 0 Å². The Labute approximate surface area is 164 Å². The van der Waals surface area contributed by atoms with E-state index in [0.29, 0.717) is 32.6 Å². The van der Waals surface area contributed by atoms with Crippen molar-refractivity contribution >= 4 is 39.8 Å². The van der Waals surface area contributed by atoms with Crippen molar-refractivity contribution in [1.82, 2.24) is 4.90 Å². The van der Waals surface area contributed by atoms with Gasteiger partial charge in [-0.15, -0.1) is 0 Å². The van der Waals surface area contributed by atoms with Gasteiger partial charge in [0.15, 0.2) is 0 Å². The summed E-state index contributed by atoms with van der Waals surface area (Å²) < 4.78 is 11.0. The molecule has 0 atom stereocenters. The summed E-state index contributed by atoms with van der Waals surface area (Å²) in [6.07, 6.45) is 1.14. The van der Waals surface area contributed by atoms with Crippen LogP contribution in [-0.2, 0) is 20.8 Å². The standard InChI is InChI=1S/C20H19NO8/c1-9-8-28-18-11(3)19-13(4-12(9)18)10(2)14(20(27)29-19)5-15(22)21(6-16(23)24)7-17(25)26/h4,8H,5-7H2,1-3H3,(H,23,24)(H,25,26). The highest BCUT2D eigenvalue weighted by molar-refractivity contribution is 6.00. The van der Waals surface area contributed by atoms with Gasteiger partial charge < -0.3 is 23.9 Å². The topological polar surface area (TPSA) is 138 Å². The predicted octanol–water partition coefficient (Wildman–Crippen LogP) is 2.00. The number of amides is 1. The lowest BCUT2D eigenvalue weighted by atomic mass is 9.99. The third-order valence-corrected chi connectivity index (χ3v) is 4.87. The van der Waals surface area contributed by atoms with E-state index in [4.69, 9.17) is 19.0 Å².